The zero-order chi connectivity index (χ0) is 8.10. The maximum Gasteiger partial charge on any atom is 0.133 e. The van der Waals surface area contributed by atoms with E-state index in [9.17, 15) is 4.79 Å². The summed E-state index contributed by atoms with van der Waals surface area (Å²) in [6.45, 7) is 0. The van der Waals surface area contributed by atoms with Crippen LogP contribution in [0.25, 0.3) is 0 Å². The zero-order valence-corrected chi connectivity index (χ0v) is 8.97. The average Bonchev–Trinajstić information content (AvgIpc) is 2.40. The predicted octanol–water partition coefficient (Wildman–Crippen LogP) is 2.96. The quantitative estimate of drug-likeness (QED) is 0.564. The Hall–Kier alpha value is 0.400. The summed E-state index contributed by atoms with van der Waals surface area (Å²) < 4.78 is 0.989. The van der Waals surface area contributed by atoms with E-state index in [4.69, 9.17) is 0 Å². The van der Waals surface area contributed by atoms with E-state index in [1.54, 1.807) is 0 Å². The molecule has 0 aromatic heterocycles. The van der Waals surface area contributed by atoms with Crippen molar-refractivity contribution < 1.29 is 4.79 Å². The Morgan fingerprint density at radius 2 is 2.00 bits per heavy atom. The van der Waals surface area contributed by atoms with E-state index in [1.807, 2.05) is 0 Å². The summed E-state index contributed by atoms with van der Waals surface area (Å²) in [7, 11) is 0. The number of hydrogen-bond acceptors (Lipinski definition) is 1. The monoisotopic (exact) mass is 266 g/mol. The van der Waals surface area contributed by atoms with Crippen molar-refractivity contribution in [3.8, 4) is 0 Å². The first-order valence-electron chi connectivity index (χ1n) is 4.40. The van der Waals surface area contributed by atoms with Gasteiger partial charge in [-0.2, -0.15) is 0 Å². The smallest absolute Gasteiger partial charge is 0.133 e. The van der Waals surface area contributed by atoms with Crippen molar-refractivity contribution in [1.29, 1.82) is 0 Å². The Labute approximate surface area is 82.1 Å². The Morgan fingerprint density at radius 3 is 2.55 bits per heavy atom. The lowest BCUT2D eigenvalue weighted by molar-refractivity contribution is -0.119. The first-order chi connectivity index (χ1) is 5.33. The first kappa shape index (κ1) is 9.49. The molecule has 64 valence electrons. The third-order valence-electron chi connectivity index (χ3n) is 2.36. The molecule has 0 aromatic carbocycles. The Balaban J connectivity index is 2.13. The van der Waals surface area contributed by atoms with E-state index in [2.05, 4.69) is 22.6 Å². The molecule has 11 heavy (non-hydrogen) atoms. The summed E-state index contributed by atoms with van der Waals surface area (Å²) in [6.07, 6.45) is 6.95. The third kappa shape index (κ3) is 3.54. The third-order valence-corrected chi connectivity index (χ3v) is 2.90. The molecular formula is C9H15IO. The Kier molecular flexibility index (Phi) is 4.41. The van der Waals surface area contributed by atoms with Crippen molar-refractivity contribution >= 4 is 28.4 Å². The van der Waals surface area contributed by atoms with Crippen LogP contribution in [0.2, 0.25) is 0 Å². The van der Waals surface area contributed by atoms with Gasteiger partial charge in [0.25, 0.3) is 0 Å². The molecule has 0 bridgehead atoms. The molecule has 0 radical (unpaired) electrons. The second-order valence-corrected chi connectivity index (χ2v) is 4.41. The second kappa shape index (κ2) is 5.12. The summed E-state index contributed by atoms with van der Waals surface area (Å²) in [5.41, 5.74) is 0. The van der Waals surface area contributed by atoms with Gasteiger partial charge in [0.1, 0.15) is 5.78 Å². The summed E-state index contributed by atoms with van der Waals surface area (Å²) >= 11 is 2.27. The molecule has 1 aliphatic carbocycles. The normalized spacial score (nSPS) is 19.0. The average molecular weight is 266 g/mol. The van der Waals surface area contributed by atoms with Crippen LogP contribution in [0.1, 0.15) is 38.5 Å². The Bertz CT molecular complexity index is 128. The van der Waals surface area contributed by atoms with Crippen molar-refractivity contribution in [2.45, 2.75) is 38.5 Å². The van der Waals surface area contributed by atoms with Gasteiger partial charge in [0.2, 0.25) is 0 Å². The van der Waals surface area contributed by atoms with Crippen molar-refractivity contribution in [2.24, 2.45) is 5.92 Å². The number of carbonyl (C=O) groups is 1. The van der Waals surface area contributed by atoms with Crippen LogP contribution in [-0.2, 0) is 4.79 Å². The van der Waals surface area contributed by atoms with E-state index in [-0.39, 0.29) is 0 Å². The highest BCUT2D eigenvalue weighted by Crippen LogP contribution is 2.27. The molecule has 0 aliphatic heterocycles. The van der Waals surface area contributed by atoms with E-state index in [1.165, 1.54) is 25.7 Å². The zero-order valence-electron chi connectivity index (χ0n) is 6.81. The molecule has 1 saturated carbocycles. The number of rotatable bonds is 4. The fourth-order valence-electron chi connectivity index (χ4n) is 1.74. The highest BCUT2D eigenvalue weighted by Gasteiger charge is 2.17. The van der Waals surface area contributed by atoms with Gasteiger partial charge < -0.3 is 0 Å². The number of hydrogen-bond donors (Lipinski definition) is 0. The van der Waals surface area contributed by atoms with Gasteiger partial charge in [-0.1, -0.05) is 48.3 Å². The maximum atomic E-state index is 11.2. The molecule has 0 amide bonds. The highest BCUT2D eigenvalue weighted by molar-refractivity contribution is 14.1. The molecule has 0 atom stereocenters. The van der Waals surface area contributed by atoms with Gasteiger partial charge in [-0.25, -0.2) is 0 Å². The van der Waals surface area contributed by atoms with E-state index in [0.717, 1.165) is 23.2 Å². The van der Waals surface area contributed by atoms with Crippen molar-refractivity contribution in [3.05, 3.63) is 0 Å². The molecule has 1 fully saturated rings. The van der Waals surface area contributed by atoms with Crippen LogP contribution in [0.5, 0.6) is 0 Å². The van der Waals surface area contributed by atoms with Gasteiger partial charge in [-0.3, -0.25) is 4.79 Å². The van der Waals surface area contributed by atoms with Gasteiger partial charge in [-0.05, 0) is 5.92 Å². The number of alkyl halides is 1. The lowest BCUT2D eigenvalue weighted by atomic mass is 10.0. The van der Waals surface area contributed by atoms with Crippen LogP contribution in [-0.4, -0.2) is 10.2 Å². The molecule has 0 aromatic rings. The molecule has 0 N–H and O–H groups in total. The standard InChI is InChI=1S/C9H15IO/c10-6-5-9(11)7-8-3-1-2-4-8/h8H,1-7H2. The first-order valence-corrected chi connectivity index (χ1v) is 5.93. The van der Waals surface area contributed by atoms with Gasteiger partial charge >= 0.3 is 0 Å². The van der Waals surface area contributed by atoms with Crippen molar-refractivity contribution in [2.75, 3.05) is 4.43 Å². The summed E-state index contributed by atoms with van der Waals surface area (Å²) in [6, 6.07) is 0. The van der Waals surface area contributed by atoms with Gasteiger partial charge in [0.05, 0.1) is 0 Å². The van der Waals surface area contributed by atoms with Gasteiger partial charge in [0.15, 0.2) is 0 Å². The lowest BCUT2D eigenvalue weighted by Crippen LogP contribution is -2.05. The van der Waals surface area contributed by atoms with E-state index in [0.29, 0.717) is 5.78 Å². The predicted molar refractivity (Wildman–Crippen MR) is 55.1 cm³/mol. The fourth-order valence-corrected chi connectivity index (χ4v) is 2.35. The molecule has 0 saturated heterocycles. The van der Waals surface area contributed by atoms with Crippen LogP contribution >= 0.6 is 22.6 Å². The fraction of sp³-hybridized carbons (Fsp3) is 0.889. The van der Waals surface area contributed by atoms with Gasteiger partial charge in [0, 0.05) is 17.3 Å². The second-order valence-electron chi connectivity index (χ2n) is 3.33. The summed E-state index contributed by atoms with van der Waals surface area (Å²) in [4.78, 5) is 11.2. The van der Waals surface area contributed by atoms with E-state index >= 15 is 0 Å². The largest absolute Gasteiger partial charge is 0.300 e. The molecule has 0 unspecified atom stereocenters. The number of Topliss-reactive ketones (excluding diaryl/α,β-unsaturated/α-hetero) is 1. The molecule has 1 rings (SSSR count). The van der Waals surface area contributed by atoms with Crippen LogP contribution in [0.15, 0.2) is 0 Å². The Morgan fingerprint density at radius 1 is 1.36 bits per heavy atom. The lowest BCUT2D eigenvalue weighted by Gasteiger charge is -2.05. The summed E-state index contributed by atoms with van der Waals surface area (Å²) in [5, 5.41) is 0. The topological polar surface area (TPSA) is 17.1 Å². The minimum absolute atomic E-state index is 0.478. The number of halogens is 1. The molecule has 2 heteroatoms. The summed E-state index contributed by atoms with van der Waals surface area (Å²) in [5.74, 6) is 1.22. The highest BCUT2D eigenvalue weighted by atomic mass is 127. The van der Waals surface area contributed by atoms with Gasteiger partial charge in [-0.15, -0.1) is 0 Å². The SMILES string of the molecule is O=C(CCI)CC1CCCC1. The van der Waals surface area contributed by atoms with Crippen LogP contribution in [0.4, 0.5) is 0 Å². The molecule has 1 aliphatic rings. The number of carbonyl (C=O) groups excluding carboxylic acids is 1. The molecule has 1 nitrogen and oxygen atoms in total. The van der Waals surface area contributed by atoms with Crippen molar-refractivity contribution in [1.82, 2.24) is 0 Å². The van der Waals surface area contributed by atoms with Crippen LogP contribution in [0, 0.1) is 5.92 Å². The van der Waals surface area contributed by atoms with Crippen LogP contribution in [0.3, 0.4) is 0 Å². The maximum absolute atomic E-state index is 11.2. The molecule has 0 heterocycles. The van der Waals surface area contributed by atoms with E-state index < -0.39 is 0 Å². The minimum atomic E-state index is 0.478. The van der Waals surface area contributed by atoms with Crippen molar-refractivity contribution in [3.63, 3.8) is 0 Å². The molecular weight excluding hydrogens is 251 g/mol. The van der Waals surface area contributed by atoms with Crippen LogP contribution < -0.4 is 0 Å². The number of ketones is 1. The minimum Gasteiger partial charge on any atom is -0.300 e. The molecule has 0 spiro atoms.